The highest BCUT2D eigenvalue weighted by Gasteiger charge is 2.28. The molecule has 0 radical (unpaired) electrons. The first-order valence-corrected chi connectivity index (χ1v) is 5.77. The van der Waals surface area contributed by atoms with Crippen LogP contribution in [0.2, 0.25) is 0 Å². The van der Waals surface area contributed by atoms with E-state index < -0.39 is 9.84 Å². The number of methoxy groups -OCH3 is 1. The Balaban J connectivity index is 2.17. The molecule has 72 valence electrons. The highest BCUT2D eigenvalue weighted by Crippen LogP contribution is 2.12. The molecule has 0 aromatic rings. The molecule has 0 aromatic carbocycles. The van der Waals surface area contributed by atoms with Gasteiger partial charge in [0.15, 0.2) is 9.84 Å². The monoisotopic (exact) mass is 194 g/mol. The molecular weight excluding hydrogens is 180 g/mol. The minimum atomic E-state index is -2.90. The Morgan fingerprint density at radius 3 is 2.75 bits per heavy atom. The maximum Gasteiger partial charge on any atom is 0.153 e. The molecule has 0 aromatic heterocycles. The van der Waals surface area contributed by atoms with Crippen molar-refractivity contribution in [3.63, 3.8) is 0 Å². The molecule has 1 aliphatic rings. The molecule has 1 aliphatic heterocycles. The maximum atomic E-state index is 11.2. The van der Waals surface area contributed by atoms with Gasteiger partial charge in [0.1, 0.15) is 0 Å². The van der Waals surface area contributed by atoms with Crippen molar-refractivity contribution in [1.82, 2.24) is 0 Å². The van der Waals surface area contributed by atoms with Crippen LogP contribution in [0.4, 0.5) is 0 Å². The largest absolute Gasteiger partial charge is 0.385 e. The molecule has 4 nitrogen and oxygen atoms in total. The van der Waals surface area contributed by atoms with E-state index in [1.165, 1.54) is 0 Å². The molecule has 12 heavy (non-hydrogen) atoms. The number of hydrogen-bond donors (Lipinski definition) is 0. The fraction of sp³-hybridized carbons (Fsp3) is 1.00. The summed E-state index contributed by atoms with van der Waals surface area (Å²) in [5.74, 6) is 0.386. The van der Waals surface area contributed by atoms with E-state index in [2.05, 4.69) is 0 Å². The Kier molecular flexibility index (Phi) is 3.49. The molecule has 1 saturated heterocycles. The minimum Gasteiger partial charge on any atom is -0.385 e. The van der Waals surface area contributed by atoms with Gasteiger partial charge < -0.3 is 9.47 Å². The van der Waals surface area contributed by atoms with Crippen LogP contribution in [0, 0.1) is 0 Å². The van der Waals surface area contributed by atoms with Crippen molar-refractivity contribution in [2.45, 2.75) is 12.5 Å². The average Bonchev–Trinajstić information content (AvgIpc) is 2.71. The molecule has 0 N–H and O–H groups in total. The molecule has 5 heteroatoms. The molecule has 1 fully saturated rings. The zero-order valence-corrected chi connectivity index (χ0v) is 7.97. The Bertz CT molecular complexity index is 218. The van der Waals surface area contributed by atoms with E-state index >= 15 is 0 Å². The van der Waals surface area contributed by atoms with E-state index in [0.29, 0.717) is 19.6 Å². The second kappa shape index (κ2) is 4.20. The molecule has 0 spiro atoms. The molecule has 1 heterocycles. The van der Waals surface area contributed by atoms with E-state index in [4.69, 9.17) is 9.47 Å². The summed E-state index contributed by atoms with van der Waals surface area (Å²) in [5.41, 5.74) is 0. The Morgan fingerprint density at radius 1 is 1.58 bits per heavy atom. The number of hydrogen-bond acceptors (Lipinski definition) is 4. The van der Waals surface area contributed by atoms with Crippen LogP contribution in [0.3, 0.4) is 0 Å². The Morgan fingerprint density at radius 2 is 2.25 bits per heavy atom. The van der Waals surface area contributed by atoms with Gasteiger partial charge in [0.2, 0.25) is 0 Å². The minimum absolute atomic E-state index is 0.0301. The van der Waals surface area contributed by atoms with E-state index in [0.717, 1.165) is 0 Å². The lowest BCUT2D eigenvalue weighted by Crippen LogP contribution is -2.16. The second-order valence-electron chi connectivity index (χ2n) is 2.92. The van der Waals surface area contributed by atoms with Crippen LogP contribution < -0.4 is 0 Å². The van der Waals surface area contributed by atoms with Crippen LogP contribution in [0.1, 0.15) is 6.42 Å². The van der Waals surface area contributed by atoms with E-state index in [9.17, 15) is 8.42 Å². The van der Waals surface area contributed by atoms with Gasteiger partial charge in [0.05, 0.1) is 24.2 Å². The highest BCUT2D eigenvalue weighted by molar-refractivity contribution is 7.91. The predicted molar refractivity (Wildman–Crippen MR) is 44.9 cm³/mol. The Hall–Kier alpha value is -0.130. The van der Waals surface area contributed by atoms with E-state index in [1.807, 2.05) is 0 Å². The summed E-state index contributed by atoms with van der Waals surface area (Å²) in [4.78, 5) is 0. The molecule has 1 atom stereocenters. The summed E-state index contributed by atoms with van der Waals surface area (Å²) in [6.07, 6.45) is 0.545. The summed E-state index contributed by atoms with van der Waals surface area (Å²) in [6.45, 7) is 1.11. The van der Waals surface area contributed by atoms with Crippen LogP contribution in [-0.2, 0) is 19.3 Å². The van der Waals surface area contributed by atoms with Crippen molar-refractivity contribution in [3.05, 3.63) is 0 Å². The van der Waals surface area contributed by atoms with Gasteiger partial charge in [0.25, 0.3) is 0 Å². The van der Waals surface area contributed by atoms with Gasteiger partial charge in [-0.1, -0.05) is 0 Å². The average molecular weight is 194 g/mol. The summed E-state index contributed by atoms with van der Waals surface area (Å²) < 4.78 is 32.0. The third-order valence-electron chi connectivity index (χ3n) is 1.65. The second-order valence-corrected chi connectivity index (χ2v) is 5.14. The summed E-state index contributed by atoms with van der Waals surface area (Å²) in [6, 6.07) is 0. The van der Waals surface area contributed by atoms with Gasteiger partial charge in [0, 0.05) is 13.7 Å². The fourth-order valence-electron chi connectivity index (χ4n) is 0.954. The number of rotatable bonds is 6. The lowest BCUT2D eigenvalue weighted by molar-refractivity contribution is 0.199. The van der Waals surface area contributed by atoms with Gasteiger partial charge >= 0.3 is 0 Å². The van der Waals surface area contributed by atoms with Crippen molar-refractivity contribution in [2.24, 2.45) is 0 Å². The molecule has 0 saturated carbocycles. The van der Waals surface area contributed by atoms with E-state index in [-0.39, 0.29) is 17.6 Å². The molecule has 1 rings (SSSR count). The molecule has 1 unspecified atom stereocenters. The smallest absolute Gasteiger partial charge is 0.153 e. The fourth-order valence-corrected chi connectivity index (χ4v) is 2.44. The first-order chi connectivity index (χ1) is 5.64. The molecular formula is C7H14O4S. The van der Waals surface area contributed by atoms with Crippen LogP contribution in [0.5, 0.6) is 0 Å². The molecule has 0 aliphatic carbocycles. The third-order valence-corrected chi connectivity index (χ3v) is 3.44. The standard InChI is InChI=1S/C7H14O4S/c1-10-3-2-4-12(8,9)6-7-5-11-7/h7H,2-6H2,1H3. The summed E-state index contributed by atoms with van der Waals surface area (Å²) >= 11 is 0. The summed E-state index contributed by atoms with van der Waals surface area (Å²) in [7, 11) is -1.33. The zero-order chi connectivity index (χ0) is 9.03. The number of ether oxygens (including phenoxy) is 2. The summed E-state index contributed by atoms with van der Waals surface area (Å²) in [5, 5.41) is 0. The van der Waals surface area contributed by atoms with Gasteiger partial charge in [-0.15, -0.1) is 0 Å². The van der Waals surface area contributed by atoms with Gasteiger partial charge in [-0.05, 0) is 6.42 Å². The predicted octanol–water partition coefficient (Wildman–Crippen LogP) is -0.163. The lowest BCUT2D eigenvalue weighted by Gasteiger charge is -2.00. The Labute approximate surface area is 72.8 Å². The van der Waals surface area contributed by atoms with Crippen LogP contribution >= 0.6 is 0 Å². The van der Waals surface area contributed by atoms with Crippen molar-refractivity contribution in [1.29, 1.82) is 0 Å². The van der Waals surface area contributed by atoms with Crippen molar-refractivity contribution < 1.29 is 17.9 Å². The lowest BCUT2D eigenvalue weighted by atomic mass is 10.5. The van der Waals surface area contributed by atoms with Crippen LogP contribution in [0.25, 0.3) is 0 Å². The highest BCUT2D eigenvalue weighted by atomic mass is 32.2. The van der Waals surface area contributed by atoms with E-state index in [1.54, 1.807) is 7.11 Å². The first-order valence-electron chi connectivity index (χ1n) is 3.95. The zero-order valence-electron chi connectivity index (χ0n) is 7.15. The number of sulfone groups is 1. The normalized spacial score (nSPS) is 22.6. The maximum absolute atomic E-state index is 11.2. The van der Waals surface area contributed by atoms with Gasteiger partial charge in [-0.25, -0.2) is 8.42 Å². The van der Waals surface area contributed by atoms with Gasteiger partial charge in [-0.3, -0.25) is 0 Å². The first kappa shape index (κ1) is 9.95. The number of epoxide rings is 1. The third kappa shape index (κ3) is 4.04. The van der Waals surface area contributed by atoms with Crippen LogP contribution in [-0.4, -0.2) is 46.4 Å². The quantitative estimate of drug-likeness (QED) is 0.435. The van der Waals surface area contributed by atoms with Crippen molar-refractivity contribution >= 4 is 9.84 Å². The van der Waals surface area contributed by atoms with Crippen molar-refractivity contribution in [2.75, 3.05) is 31.8 Å². The topological polar surface area (TPSA) is 55.9 Å². The molecule has 0 amide bonds. The van der Waals surface area contributed by atoms with Crippen LogP contribution in [0.15, 0.2) is 0 Å². The molecule has 0 bridgehead atoms. The SMILES string of the molecule is COCCCS(=O)(=O)CC1CO1. The van der Waals surface area contributed by atoms with Crippen molar-refractivity contribution in [3.8, 4) is 0 Å². The van der Waals surface area contributed by atoms with Gasteiger partial charge in [-0.2, -0.15) is 0 Å².